The Hall–Kier alpha value is -1.88. The van der Waals surface area contributed by atoms with E-state index in [0.717, 1.165) is 43.2 Å². The van der Waals surface area contributed by atoms with E-state index in [1.54, 1.807) is 0 Å². The first-order chi connectivity index (χ1) is 15.6. The van der Waals surface area contributed by atoms with Crippen LogP contribution in [0, 0.1) is 0 Å². The molecule has 1 aliphatic heterocycles. The molecule has 0 bridgehead atoms. The summed E-state index contributed by atoms with van der Waals surface area (Å²) in [6.45, 7) is 7.38. The lowest BCUT2D eigenvalue weighted by molar-refractivity contribution is -0.723. The van der Waals surface area contributed by atoms with Crippen molar-refractivity contribution in [2.75, 3.05) is 13.1 Å². The molecule has 172 valence electrons. The van der Waals surface area contributed by atoms with Gasteiger partial charge in [-0.05, 0) is 55.5 Å². The highest BCUT2D eigenvalue weighted by atomic mass is 35.5. The van der Waals surface area contributed by atoms with Gasteiger partial charge in [-0.2, -0.15) is 0 Å². The van der Waals surface area contributed by atoms with E-state index in [0.29, 0.717) is 6.04 Å². The van der Waals surface area contributed by atoms with Gasteiger partial charge in [0, 0.05) is 60.8 Å². The van der Waals surface area contributed by atoms with Crippen molar-refractivity contribution >= 4 is 22.5 Å². The Kier molecular flexibility index (Phi) is 7.88. The fraction of sp³-hybridized carbons (Fsp3) is 0.519. The first kappa shape index (κ1) is 23.3. The van der Waals surface area contributed by atoms with Crippen LogP contribution in [0.2, 0.25) is 5.02 Å². The van der Waals surface area contributed by atoms with Gasteiger partial charge in [-0.1, -0.05) is 31.9 Å². The molecule has 0 spiro atoms. The molecule has 0 saturated carbocycles. The molecule has 0 aliphatic carbocycles. The third-order valence-electron chi connectivity index (χ3n) is 6.84. The second-order valence-electron chi connectivity index (χ2n) is 9.28. The molecule has 1 aromatic carbocycles. The minimum atomic E-state index is -0.140. The van der Waals surface area contributed by atoms with Gasteiger partial charge in [0.15, 0.2) is 18.4 Å². The van der Waals surface area contributed by atoms with Crippen molar-refractivity contribution in [2.45, 2.75) is 77.5 Å². The van der Waals surface area contributed by atoms with Gasteiger partial charge in [-0.15, -0.1) is 0 Å². The summed E-state index contributed by atoms with van der Waals surface area (Å²) in [5.74, 6) is 0. The highest BCUT2D eigenvalue weighted by molar-refractivity contribution is 6.30. The number of hydrogen-bond donors (Lipinski definition) is 1. The summed E-state index contributed by atoms with van der Waals surface area (Å²) in [4.78, 5) is 2.47. The van der Waals surface area contributed by atoms with Gasteiger partial charge in [0.2, 0.25) is 0 Å². The van der Waals surface area contributed by atoms with E-state index in [9.17, 15) is 5.11 Å². The van der Waals surface area contributed by atoms with Crippen molar-refractivity contribution in [1.82, 2.24) is 9.47 Å². The number of aromatic nitrogens is 2. The molecule has 3 heterocycles. The number of piperidine rings is 1. The van der Waals surface area contributed by atoms with Crippen molar-refractivity contribution in [3.8, 4) is 5.69 Å². The number of aliphatic hydroxyl groups excluding tert-OH is 1. The maximum atomic E-state index is 9.88. The van der Waals surface area contributed by atoms with Crippen molar-refractivity contribution in [1.29, 1.82) is 0 Å². The highest BCUT2D eigenvalue weighted by Crippen LogP contribution is 2.28. The summed E-state index contributed by atoms with van der Waals surface area (Å²) in [7, 11) is 0. The third-order valence-corrected chi connectivity index (χ3v) is 7.09. The Bertz CT molecular complexity index is 1010. The number of nitrogens with zero attached hydrogens (tertiary/aromatic N) is 3. The first-order valence-electron chi connectivity index (χ1n) is 12.3. The molecule has 4 nitrogen and oxygen atoms in total. The summed E-state index contributed by atoms with van der Waals surface area (Å²) in [5, 5.41) is 12.0. The Morgan fingerprint density at radius 1 is 1.06 bits per heavy atom. The van der Waals surface area contributed by atoms with E-state index >= 15 is 0 Å². The number of pyridine rings is 1. The fourth-order valence-corrected chi connectivity index (χ4v) is 5.09. The quantitative estimate of drug-likeness (QED) is 0.398. The van der Waals surface area contributed by atoms with Crippen molar-refractivity contribution in [3.05, 3.63) is 59.5 Å². The maximum Gasteiger partial charge on any atom is 0.193 e. The summed E-state index contributed by atoms with van der Waals surface area (Å²) >= 11 is 6.17. The standard InChI is InChI=1S/C27H37ClN3O/c1-3-5-7-23(6-4-2)30-17-14-26-21(18-29-15-12-25(32)13-16-29)19-31(27(26)20-30)24-10-8-22(28)9-11-24/h8-11,14,17,19-20,23,25,32H,3-7,12-13,15-16,18H2,1-2H3/q+1. The van der Waals surface area contributed by atoms with E-state index in [1.807, 2.05) is 12.1 Å². The predicted octanol–water partition coefficient (Wildman–Crippen LogP) is 6.06. The smallest absolute Gasteiger partial charge is 0.193 e. The second kappa shape index (κ2) is 10.8. The van der Waals surface area contributed by atoms with Crippen molar-refractivity contribution < 1.29 is 9.67 Å². The largest absolute Gasteiger partial charge is 0.393 e. The van der Waals surface area contributed by atoms with Crippen LogP contribution in [0.1, 0.15) is 70.4 Å². The van der Waals surface area contributed by atoms with Gasteiger partial charge in [-0.25, -0.2) is 4.57 Å². The summed E-state index contributed by atoms with van der Waals surface area (Å²) in [6, 6.07) is 11.0. The monoisotopic (exact) mass is 454 g/mol. The number of halogens is 1. The van der Waals surface area contributed by atoms with Crippen LogP contribution in [-0.2, 0) is 6.54 Å². The normalized spacial score (nSPS) is 16.6. The number of fused-ring (bicyclic) bond motifs is 1. The Balaban J connectivity index is 1.73. The minimum absolute atomic E-state index is 0.140. The lowest BCUT2D eigenvalue weighted by Crippen LogP contribution is -2.39. The Morgan fingerprint density at radius 2 is 1.81 bits per heavy atom. The number of hydrogen-bond acceptors (Lipinski definition) is 2. The van der Waals surface area contributed by atoms with Gasteiger partial charge in [0.05, 0.1) is 6.10 Å². The predicted molar refractivity (Wildman–Crippen MR) is 132 cm³/mol. The summed E-state index contributed by atoms with van der Waals surface area (Å²) in [6.07, 6.45) is 14.7. The third kappa shape index (κ3) is 5.36. The molecule has 1 unspecified atom stereocenters. The topological polar surface area (TPSA) is 32.3 Å². The number of unbranched alkanes of at least 4 members (excludes halogenated alkanes) is 1. The zero-order chi connectivity index (χ0) is 22.5. The van der Waals surface area contributed by atoms with Crippen LogP contribution in [0.3, 0.4) is 0 Å². The average molecular weight is 455 g/mol. The number of rotatable bonds is 9. The molecule has 1 N–H and O–H groups in total. The molecular formula is C27H37ClN3O+. The van der Waals surface area contributed by atoms with Gasteiger partial charge in [-0.3, -0.25) is 4.90 Å². The van der Waals surface area contributed by atoms with Crippen LogP contribution in [0.4, 0.5) is 0 Å². The van der Waals surface area contributed by atoms with E-state index < -0.39 is 0 Å². The molecule has 1 fully saturated rings. The van der Waals surface area contributed by atoms with Crippen molar-refractivity contribution in [3.63, 3.8) is 0 Å². The van der Waals surface area contributed by atoms with Gasteiger partial charge in [0.25, 0.3) is 0 Å². The highest BCUT2D eigenvalue weighted by Gasteiger charge is 2.23. The summed E-state index contributed by atoms with van der Waals surface area (Å²) in [5.41, 5.74) is 3.73. The van der Waals surface area contributed by atoms with Gasteiger partial charge in [0.1, 0.15) is 5.52 Å². The Labute approximate surface area is 197 Å². The van der Waals surface area contributed by atoms with Crippen LogP contribution < -0.4 is 4.57 Å². The molecule has 4 rings (SSSR count). The van der Waals surface area contributed by atoms with Crippen LogP contribution in [0.15, 0.2) is 48.9 Å². The minimum Gasteiger partial charge on any atom is -0.393 e. The zero-order valence-electron chi connectivity index (χ0n) is 19.5. The molecule has 32 heavy (non-hydrogen) atoms. The van der Waals surface area contributed by atoms with Crippen LogP contribution in [-0.4, -0.2) is 33.8 Å². The van der Waals surface area contributed by atoms with E-state index in [4.69, 9.17) is 11.6 Å². The molecule has 2 aromatic heterocycles. The molecule has 3 aromatic rings. The molecule has 1 aliphatic rings. The van der Waals surface area contributed by atoms with E-state index in [1.165, 1.54) is 48.6 Å². The van der Waals surface area contributed by atoms with Crippen LogP contribution >= 0.6 is 11.6 Å². The molecule has 1 saturated heterocycles. The van der Waals surface area contributed by atoms with Gasteiger partial charge < -0.3 is 9.67 Å². The fourth-order valence-electron chi connectivity index (χ4n) is 4.96. The Morgan fingerprint density at radius 3 is 2.50 bits per heavy atom. The number of benzene rings is 1. The van der Waals surface area contributed by atoms with Crippen LogP contribution in [0.5, 0.6) is 0 Å². The number of aliphatic hydroxyl groups is 1. The SMILES string of the molecule is CCCCC(CCC)[n+]1ccc2c(CN3CCC(O)CC3)cn(-c3ccc(Cl)cc3)c2c1. The molecule has 0 amide bonds. The molecule has 5 heteroatoms. The molecule has 0 radical (unpaired) electrons. The average Bonchev–Trinajstić information content (AvgIpc) is 3.16. The maximum absolute atomic E-state index is 9.88. The number of likely N-dealkylation sites (tertiary alicyclic amines) is 1. The lowest BCUT2D eigenvalue weighted by atomic mass is 10.0. The van der Waals surface area contributed by atoms with Crippen LogP contribution in [0.25, 0.3) is 16.6 Å². The first-order valence-corrected chi connectivity index (χ1v) is 12.7. The lowest BCUT2D eigenvalue weighted by Gasteiger charge is -2.29. The zero-order valence-corrected chi connectivity index (χ0v) is 20.3. The molecular weight excluding hydrogens is 418 g/mol. The van der Waals surface area contributed by atoms with E-state index in [-0.39, 0.29) is 6.10 Å². The van der Waals surface area contributed by atoms with E-state index in [2.05, 4.69) is 64.7 Å². The summed E-state index contributed by atoms with van der Waals surface area (Å²) < 4.78 is 4.76. The molecule has 1 atom stereocenters. The van der Waals surface area contributed by atoms with Crippen molar-refractivity contribution in [2.24, 2.45) is 0 Å². The second-order valence-corrected chi connectivity index (χ2v) is 9.72. The van der Waals surface area contributed by atoms with Gasteiger partial charge >= 0.3 is 0 Å².